The lowest BCUT2D eigenvalue weighted by atomic mass is 9.85. The van der Waals surface area contributed by atoms with Gasteiger partial charge in [0.1, 0.15) is 5.75 Å². The first kappa shape index (κ1) is 26.0. The van der Waals surface area contributed by atoms with Gasteiger partial charge in [0.15, 0.2) is 0 Å². The third kappa shape index (κ3) is 5.05. The van der Waals surface area contributed by atoms with Crippen molar-refractivity contribution in [3.63, 3.8) is 0 Å². The van der Waals surface area contributed by atoms with Crippen LogP contribution in [0.3, 0.4) is 0 Å². The van der Waals surface area contributed by atoms with E-state index in [0.717, 1.165) is 11.4 Å². The minimum atomic E-state index is 0.360. The first-order chi connectivity index (χ1) is 16.0. The van der Waals surface area contributed by atoms with Gasteiger partial charge in [0.2, 0.25) is 0 Å². The van der Waals surface area contributed by atoms with Crippen LogP contribution >= 0.6 is 0 Å². The summed E-state index contributed by atoms with van der Waals surface area (Å²) < 4.78 is 11.0. The van der Waals surface area contributed by atoms with Gasteiger partial charge in [-0.3, -0.25) is 0 Å². The van der Waals surface area contributed by atoms with Crippen LogP contribution in [0.25, 0.3) is 0 Å². The summed E-state index contributed by atoms with van der Waals surface area (Å²) in [5.41, 5.74) is 15.0. The van der Waals surface area contributed by atoms with E-state index in [4.69, 9.17) is 9.10 Å². The van der Waals surface area contributed by atoms with Gasteiger partial charge in [-0.2, -0.15) is 4.36 Å². The summed E-state index contributed by atoms with van der Waals surface area (Å²) in [6.45, 7) is 22.0. The van der Waals surface area contributed by atoms with Crippen molar-refractivity contribution in [1.82, 2.24) is 0 Å². The van der Waals surface area contributed by atoms with Gasteiger partial charge in [-0.05, 0) is 117 Å². The molecule has 0 fully saturated rings. The van der Waals surface area contributed by atoms with Gasteiger partial charge in [-0.1, -0.05) is 49.2 Å². The van der Waals surface area contributed by atoms with Crippen molar-refractivity contribution in [3.05, 3.63) is 91.5 Å². The van der Waals surface area contributed by atoms with Crippen LogP contribution in [0.1, 0.15) is 81.0 Å². The fourth-order valence-corrected chi connectivity index (χ4v) is 6.65. The fraction of sp³-hybridized carbons (Fsp3) is 0.387. The van der Waals surface area contributed by atoms with Crippen molar-refractivity contribution in [3.8, 4) is 5.75 Å². The molecule has 0 aliphatic carbocycles. The summed E-state index contributed by atoms with van der Waals surface area (Å²) in [6, 6.07) is 11.2. The first-order valence-corrected chi connectivity index (χ1v) is 12.8. The molecule has 0 aliphatic heterocycles. The fourth-order valence-electron chi connectivity index (χ4n) is 5.36. The van der Waals surface area contributed by atoms with E-state index in [0.29, 0.717) is 5.92 Å². The zero-order valence-corrected chi connectivity index (χ0v) is 23.5. The maximum atomic E-state index is 5.80. The molecule has 0 saturated heterocycles. The molecule has 0 spiro atoms. The Bertz CT molecular complexity index is 1280. The largest absolute Gasteiger partial charge is 0.496 e. The second-order valence-electron chi connectivity index (χ2n) is 10.00. The van der Waals surface area contributed by atoms with E-state index in [-0.39, 0.29) is 0 Å². The Morgan fingerprint density at radius 2 is 1.18 bits per heavy atom. The summed E-state index contributed by atoms with van der Waals surface area (Å²) in [5.74, 6) is 1.33. The molecule has 0 bridgehead atoms. The van der Waals surface area contributed by atoms with Gasteiger partial charge in [0.25, 0.3) is 0 Å². The van der Waals surface area contributed by atoms with Crippen LogP contribution in [0.2, 0.25) is 0 Å². The molecule has 0 aliphatic rings. The van der Waals surface area contributed by atoms with Crippen LogP contribution in [-0.2, 0) is 11.1 Å². The number of aryl methyl sites for hydroxylation is 7. The molecule has 34 heavy (non-hydrogen) atoms. The average Bonchev–Trinajstić information content (AvgIpc) is 2.70. The molecule has 2 nitrogen and oxygen atoms in total. The third-order valence-corrected chi connectivity index (χ3v) is 7.44. The molecule has 0 saturated carbocycles. The molecular formula is C31H39NOS. The molecule has 0 heterocycles. The Hall–Kier alpha value is -2.65. The normalized spacial score (nSPS) is 11.1. The molecule has 0 N–H and O–H groups in total. The van der Waals surface area contributed by atoms with Crippen LogP contribution in [0, 0.1) is 55.4 Å². The smallest absolute Gasteiger partial charge is 0.122 e. The minimum Gasteiger partial charge on any atom is -0.496 e. The molecule has 3 aromatic rings. The monoisotopic (exact) mass is 473 g/mol. The molecule has 0 unspecified atom stereocenters. The number of ether oxygens (including phenoxy) is 1. The van der Waals surface area contributed by atoms with Crippen LogP contribution in [0.4, 0.5) is 5.69 Å². The van der Waals surface area contributed by atoms with Gasteiger partial charge in [-0.25, -0.2) is 0 Å². The van der Waals surface area contributed by atoms with Crippen molar-refractivity contribution in [2.75, 3.05) is 7.11 Å². The topological polar surface area (TPSA) is 21.6 Å². The molecular weight excluding hydrogens is 434 g/mol. The quantitative estimate of drug-likeness (QED) is 0.269. The maximum absolute atomic E-state index is 5.80. The van der Waals surface area contributed by atoms with Crippen LogP contribution < -0.4 is 4.74 Å². The van der Waals surface area contributed by atoms with Gasteiger partial charge in [-0.15, -0.1) is 0 Å². The summed E-state index contributed by atoms with van der Waals surface area (Å²) in [6.07, 6.45) is 0. The Morgan fingerprint density at radius 3 is 1.65 bits per heavy atom. The van der Waals surface area contributed by atoms with E-state index in [1.165, 1.54) is 66.1 Å². The molecule has 3 rings (SSSR count). The molecule has 3 aromatic carbocycles. The maximum Gasteiger partial charge on any atom is 0.122 e. The highest BCUT2D eigenvalue weighted by Gasteiger charge is 2.22. The second-order valence-corrected chi connectivity index (χ2v) is 10.8. The van der Waals surface area contributed by atoms with E-state index in [2.05, 4.69) is 99.6 Å². The van der Waals surface area contributed by atoms with E-state index in [1.807, 2.05) is 0 Å². The number of methoxy groups -OCH3 is 1. The lowest BCUT2D eigenvalue weighted by Gasteiger charge is -2.23. The van der Waals surface area contributed by atoms with Gasteiger partial charge in [0, 0.05) is 11.1 Å². The van der Waals surface area contributed by atoms with E-state index < -0.39 is 0 Å². The number of rotatable bonds is 5. The number of hydrogen-bond acceptors (Lipinski definition) is 2. The van der Waals surface area contributed by atoms with Gasteiger partial charge < -0.3 is 4.74 Å². The average molecular weight is 474 g/mol. The zero-order chi connectivity index (χ0) is 25.3. The van der Waals surface area contributed by atoms with E-state index in [1.54, 1.807) is 18.3 Å². The minimum absolute atomic E-state index is 0.360. The van der Waals surface area contributed by atoms with E-state index >= 15 is 0 Å². The lowest BCUT2D eigenvalue weighted by Crippen LogP contribution is -2.14. The number of nitrogens with zero attached hydrogens (tertiary/aromatic N) is 1. The van der Waals surface area contributed by atoms with Crippen molar-refractivity contribution in [2.45, 2.75) is 75.2 Å². The predicted octanol–water partition coefficient (Wildman–Crippen LogP) is 8.45. The Kier molecular flexibility index (Phi) is 7.88. The van der Waals surface area contributed by atoms with Gasteiger partial charge in [0.05, 0.1) is 17.7 Å². The van der Waals surface area contributed by atoms with Crippen LogP contribution in [-0.4, -0.2) is 12.0 Å². The Morgan fingerprint density at radius 1 is 0.706 bits per heavy atom. The van der Waals surface area contributed by atoms with Crippen molar-refractivity contribution in [1.29, 1.82) is 0 Å². The standard InChI is InChI=1S/C31H39NOS/c1-17(2)27-25(10)29(22(7)16-26(27)33-11)31(28-20(5)12-18(3)13-21(28)6)34-32-30-23(8)14-19(4)15-24(30)9/h12-17H,1-11H3. The summed E-state index contributed by atoms with van der Waals surface area (Å²) in [7, 11) is 1.77. The van der Waals surface area contributed by atoms with Crippen LogP contribution in [0.5, 0.6) is 5.75 Å². The summed E-state index contributed by atoms with van der Waals surface area (Å²) >= 11 is 1.61. The lowest BCUT2D eigenvalue weighted by molar-refractivity contribution is 0.406. The van der Waals surface area contributed by atoms with Crippen molar-refractivity contribution < 1.29 is 4.74 Å². The number of benzene rings is 3. The van der Waals surface area contributed by atoms with Crippen molar-refractivity contribution >= 4 is 21.7 Å². The van der Waals surface area contributed by atoms with E-state index in [9.17, 15) is 0 Å². The SMILES string of the molecule is COc1cc(C)c(C(=S=Nc2c(C)cc(C)cc2C)c2c(C)cc(C)cc2C)c(C)c1C(C)C. The highest BCUT2D eigenvalue weighted by Crippen LogP contribution is 2.36. The molecule has 0 radical (unpaired) electrons. The molecule has 0 aromatic heterocycles. The second kappa shape index (κ2) is 10.3. The predicted molar refractivity (Wildman–Crippen MR) is 151 cm³/mol. The third-order valence-electron chi connectivity index (χ3n) is 6.58. The highest BCUT2D eigenvalue weighted by atomic mass is 32.1. The van der Waals surface area contributed by atoms with Gasteiger partial charge >= 0.3 is 0 Å². The Balaban J connectivity index is 2.48. The zero-order valence-electron chi connectivity index (χ0n) is 22.7. The summed E-state index contributed by atoms with van der Waals surface area (Å²) in [5, 5.41) is 0. The number of hydrogen-bond donors (Lipinski definition) is 0. The van der Waals surface area contributed by atoms with Crippen LogP contribution in [0.15, 0.2) is 34.7 Å². The Labute approximate surface area is 210 Å². The first-order valence-electron chi connectivity index (χ1n) is 12.1. The molecule has 180 valence electrons. The molecule has 0 atom stereocenters. The molecule has 0 amide bonds. The molecule has 3 heteroatoms. The highest BCUT2D eigenvalue weighted by molar-refractivity contribution is 7.70. The summed E-state index contributed by atoms with van der Waals surface area (Å²) in [4.78, 5) is 1.22. The van der Waals surface area contributed by atoms with Crippen molar-refractivity contribution in [2.24, 2.45) is 4.36 Å².